The van der Waals surface area contributed by atoms with Gasteiger partial charge < -0.3 is 4.74 Å². The third kappa shape index (κ3) is 2.81. The standard InChI is InChI=1S/C27H26N2O/c1-17-12-22-14-26-24-16-25(20-6-9-28(4)10-7-20)27(30-5)15-21(24)8-11-29(26)19(3)23(22)13-18(17)2/h6-16H,1-5H3/q+2. The Balaban J connectivity index is 1.89. The van der Waals surface area contributed by atoms with E-state index in [2.05, 4.69) is 92.3 Å². The zero-order valence-electron chi connectivity index (χ0n) is 18.2. The van der Waals surface area contributed by atoms with Gasteiger partial charge in [0.1, 0.15) is 12.8 Å². The van der Waals surface area contributed by atoms with Crippen LogP contribution in [-0.2, 0) is 7.05 Å². The van der Waals surface area contributed by atoms with Crippen LogP contribution in [-0.4, -0.2) is 7.11 Å². The van der Waals surface area contributed by atoms with Crippen LogP contribution >= 0.6 is 0 Å². The molecule has 0 amide bonds. The van der Waals surface area contributed by atoms with Gasteiger partial charge in [0.2, 0.25) is 5.52 Å². The molecule has 0 aliphatic heterocycles. The number of ether oxygens (including phenoxy) is 1. The van der Waals surface area contributed by atoms with Gasteiger partial charge in [-0.05, 0) is 59.5 Å². The number of methoxy groups -OCH3 is 1. The quantitative estimate of drug-likeness (QED) is 0.230. The highest BCUT2D eigenvalue weighted by Crippen LogP contribution is 2.35. The highest BCUT2D eigenvalue weighted by molar-refractivity contribution is 6.01. The molecule has 3 heteroatoms. The number of nitrogens with zero attached hydrogens (tertiary/aromatic N) is 2. The van der Waals surface area contributed by atoms with Crippen molar-refractivity contribution in [1.29, 1.82) is 0 Å². The molecule has 0 saturated carbocycles. The van der Waals surface area contributed by atoms with Gasteiger partial charge in [-0.3, -0.25) is 0 Å². The first-order valence-electron chi connectivity index (χ1n) is 10.3. The average molecular weight is 395 g/mol. The highest BCUT2D eigenvalue weighted by Gasteiger charge is 2.18. The first-order chi connectivity index (χ1) is 14.5. The summed E-state index contributed by atoms with van der Waals surface area (Å²) in [4.78, 5) is 0. The minimum atomic E-state index is 0.893. The first-order valence-corrected chi connectivity index (χ1v) is 10.3. The van der Waals surface area contributed by atoms with Gasteiger partial charge in [0.05, 0.1) is 12.5 Å². The number of aryl methyl sites for hydroxylation is 4. The predicted molar refractivity (Wildman–Crippen MR) is 122 cm³/mol. The zero-order chi connectivity index (χ0) is 21.0. The van der Waals surface area contributed by atoms with E-state index in [4.69, 9.17) is 4.74 Å². The Morgan fingerprint density at radius 1 is 0.733 bits per heavy atom. The van der Waals surface area contributed by atoms with Gasteiger partial charge in [0.15, 0.2) is 24.3 Å². The summed E-state index contributed by atoms with van der Waals surface area (Å²) in [5, 5.41) is 5.00. The van der Waals surface area contributed by atoms with E-state index in [1.807, 2.05) is 11.6 Å². The van der Waals surface area contributed by atoms with Crippen LogP contribution in [0, 0.1) is 20.8 Å². The smallest absolute Gasteiger partial charge is 0.219 e. The lowest BCUT2D eigenvalue weighted by atomic mass is 9.98. The maximum absolute atomic E-state index is 5.76. The lowest BCUT2D eigenvalue weighted by Gasteiger charge is -2.11. The molecule has 3 nitrogen and oxygen atoms in total. The van der Waals surface area contributed by atoms with Crippen molar-refractivity contribution in [1.82, 2.24) is 0 Å². The van der Waals surface area contributed by atoms with E-state index >= 15 is 0 Å². The summed E-state index contributed by atoms with van der Waals surface area (Å²) in [6.45, 7) is 6.57. The molecule has 5 rings (SSSR count). The Morgan fingerprint density at radius 2 is 1.47 bits per heavy atom. The van der Waals surface area contributed by atoms with Crippen molar-refractivity contribution in [3.8, 4) is 16.9 Å². The Morgan fingerprint density at radius 3 is 2.20 bits per heavy atom. The number of benzene rings is 2. The predicted octanol–water partition coefficient (Wildman–Crippen LogP) is 5.16. The minimum Gasteiger partial charge on any atom is -0.496 e. The normalized spacial score (nSPS) is 11.5. The molecule has 0 aliphatic carbocycles. The van der Waals surface area contributed by atoms with Crippen molar-refractivity contribution in [2.75, 3.05) is 7.11 Å². The van der Waals surface area contributed by atoms with Crippen molar-refractivity contribution in [3.05, 3.63) is 83.9 Å². The van der Waals surface area contributed by atoms with Crippen LogP contribution in [0.2, 0.25) is 0 Å². The molecule has 30 heavy (non-hydrogen) atoms. The molecule has 3 heterocycles. The second kappa shape index (κ2) is 6.81. The number of pyridine rings is 3. The van der Waals surface area contributed by atoms with E-state index in [1.54, 1.807) is 7.11 Å². The maximum atomic E-state index is 5.76. The second-order valence-corrected chi connectivity index (χ2v) is 8.22. The number of aromatic nitrogens is 2. The summed E-state index contributed by atoms with van der Waals surface area (Å²) in [6.07, 6.45) is 6.31. The zero-order valence-corrected chi connectivity index (χ0v) is 18.2. The van der Waals surface area contributed by atoms with E-state index in [0.29, 0.717) is 0 Å². The van der Waals surface area contributed by atoms with E-state index < -0.39 is 0 Å². The molecule has 5 aromatic rings. The van der Waals surface area contributed by atoms with Crippen LogP contribution < -0.4 is 13.7 Å². The van der Waals surface area contributed by atoms with E-state index in [-0.39, 0.29) is 0 Å². The third-order valence-corrected chi connectivity index (χ3v) is 6.31. The van der Waals surface area contributed by atoms with Crippen molar-refractivity contribution < 1.29 is 13.7 Å². The van der Waals surface area contributed by atoms with Gasteiger partial charge in [-0.15, -0.1) is 0 Å². The number of fused-ring (bicyclic) bond motifs is 4. The van der Waals surface area contributed by atoms with Crippen LogP contribution in [0.25, 0.3) is 38.2 Å². The molecule has 2 aromatic carbocycles. The summed E-state index contributed by atoms with van der Waals surface area (Å²) in [5.74, 6) is 0.893. The van der Waals surface area contributed by atoms with Crippen LogP contribution in [0.5, 0.6) is 5.75 Å². The Kier molecular flexibility index (Phi) is 4.21. The fourth-order valence-corrected chi connectivity index (χ4v) is 4.38. The van der Waals surface area contributed by atoms with E-state index in [0.717, 1.165) is 16.9 Å². The largest absolute Gasteiger partial charge is 0.496 e. The molecule has 0 fully saturated rings. The topological polar surface area (TPSA) is 17.2 Å². The van der Waals surface area contributed by atoms with Gasteiger partial charge in [0.25, 0.3) is 0 Å². The van der Waals surface area contributed by atoms with Crippen LogP contribution in [0.4, 0.5) is 0 Å². The first kappa shape index (κ1) is 18.6. The molecule has 0 bridgehead atoms. The number of rotatable bonds is 2. The third-order valence-electron chi connectivity index (χ3n) is 6.31. The molecule has 0 radical (unpaired) electrons. The molecule has 0 N–H and O–H groups in total. The Bertz CT molecular complexity index is 1450. The SMILES string of the molecule is COc1cc2cc[n+]3c(C)c4cc(C)c(C)cc4cc3c2cc1-c1cc[n+](C)cc1. The molecule has 148 valence electrons. The fraction of sp³-hybridized carbons (Fsp3) is 0.185. The van der Waals surface area contributed by atoms with Gasteiger partial charge >= 0.3 is 0 Å². The van der Waals surface area contributed by atoms with E-state index in [9.17, 15) is 0 Å². The summed E-state index contributed by atoms with van der Waals surface area (Å²) in [5.41, 5.74) is 7.39. The van der Waals surface area contributed by atoms with Gasteiger partial charge in [-0.25, -0.2) is 4.57 Å². The number of hydrogen-bond donors (Lipinski definition) is 0. The van der Waals surface area contributed by atoms with Crippen molar-refractivity contribution >= 4 is 27.1 Å². The average Bonchev–Trinajstić information content (AvgIpc) is 2.75. The highest BCUT2D eigenvalue weighted by atomic mass is 16.5. The maximum Gasteiger partial charge on any atom is 0.219 e. The van der Waals surface area contributed by atoms with Crippen LogP contribution in [0.1, 0.15) is 16.8 Å². The molecule has 0 atom stereocenters. The van der Waals surface area contributed by atoms with Crippen molar-refractivity contribution in [3.63, 3.8) is 0 Å². The fourth-order valence-electron chi connectivity index (χ4n) is 4.38. The lowest BCUT2D eigenvalue weighted by Crippen LogP contribution is -2.26. The summed E-state index contributed by atoms with van der Waals surface area (Å²) < 4.78 is 10.1. The molecule has 0 aliphatic rings. The summed E-state index contributed by atoms with van der Waals surface area (Å²) >= 11 is 0. The van der Waals surface area contributed by atoms with Gasteiger partial charge in [-0.1, -0.05) is 6.07 Å². The van der Waals surface area contributed by atoms with Gasteiger partial charge in [-0.2, -0.15) is 4.40 Å². The van der Waals surface area contributed by atoms with E-state index in [1.165, 1.54) is 43.9 Å². The molecule has 0 unspecified atom stereocenters. The monoisotopic (exact) mass is 394 g/mol. The lowest BCUT2D eigenvalue weighted by molar-refractivity contribution is -0.671. The number of hydrogen-bond acceptors (Lipinski definition) is 1. The van der Waals surface area contributed by atoms with Crippen molar-refractivity contribution in [2.45, 2.75) is 20.8 Å². The Hall–Kier alpha value is -3.46. The molecule has 0 saturated heterocycles. The molecular weight excluding hydrogens is 368 g/mol. The van der Waals surface area contributed by atoms with Crippen LogP contribution in [0.15, 0.2) is 67.1 Å². The molecule has 3 aromatic heterocycles. The molecule has 0 spiro atoms. The molecular formula is C27H26N2O+2. The summed E-state index contributed by atoms with van der Waals surface area (Å²) in [7, 11) is 3.77. The van der Waals surface area contributed by atoms with Crippen molar-refractivity contribution in [2.24, 2.45) is 7.05 Å². The Labute approximate surface area is 176 Å². The minimum absolute atomic E-state index is 0.893. The van der Waals surface area contributed by atoms with Gasteiger partial charge in [0, 0.05) is 42.1 Å². The second-order valence-electron chi connectivity index (χ2n) is 8.22. The van der Waals surface area contributed by atoms with Crippen LogP contribution in [0.3, 0.4) is 0 Å². The summed E-state index contributed by atoms with van der Waals surface area (Å²) in [6, 6.07) is 17.8.